The first-order chi connectivity index (χ1) is 12.0. The minimum absolute atomic E-state index is 0.0204. The first kappa shape index (κ1) is 18.4. The summed E-state index contributed by atoms with van der Waals surface area (Å²) in [6, 6.07) is 6.92. The number of ether oxygens (including phenoxy) is 1. The van der Waals surface area contributed by atoms with Gasteiger partial charge >= 0.3 is 11.6 Å². The van der Waals surface area contributed by atoms with E-state index >= 15 is 0 Å². The lowest BCUT2D eigenvalue weighted by molar-refractivity contribution is -0.141. The van der Waals surface area contributed by atoms with E-state index in [-0.39, 0.29) is 12.2 Å². The Balaban J connectivity index is 2.31. The maximum atomic E-state index is 12.2. The van der Waals surface area contributed by atoms with Gasteiger partial charge in [0, 0.05) is 30.2 Å². The average molecular weight is 343 g/mol. The average Bonchev–Trinajstić information content (AvgIpc) is 2.60. The first-order valence-corrected chi connectivity index (χ1v) is 8.12. The molecule has 2 rings (SSSR count). The Kier molecular flexibility index (Phi) is 6.11. The first-order valence-electron chi connectivity index (χ1n) is 8.12. The van der Waals surface area contributed by atoms with Crippen LogP contribution in [0.2, 0.25) is 0 Å². The molecule has 0 N–H and O–H groups in total. The van der Waals surface area contributed by atoms with Crippen LogP contribution in [-0.2, 0) is 9.53 Å². The molecule has 0 saturated carbocycles. The fourth-order valence-electron chi connectivity index (χ4n) is 2.51. The van der Waals surface area contributed by atoms with E-state index in [2.05, 4.69) is 11.5 Å². The highest BCUT2D eigenvalue weighted by Gasteiger charge is 2.18. The number of carbonyl (C=O) groups is 2. The van der Waals surface area contributed by atoms with Crippen molar-refractivity contribution in [1.82, 2.24) is 0 Å². The van der Waals surface area contributed by atoms with Gasteiger partial charge in [0.2, 0.25) is 0 Å². The highest BCUT2D eigenvalue weighted by Crippen LogP contribution is 2.22. The summed E-state index contributed by atoms with van der Waals surface area (Å²) in [7, 11) is 0. The van der Waals surface area contributed by atoms with E-state index in [0.717, 1.165) is 18.8 Å². The Morgan fingerprint density at radius 3 is 2.60 bits per heavy atom. The molecule has 0 fully saturated rings. The molecule has 0 unspecified atom stereocenters. The van der Waals surface area contributed by atoms with Crippen molar-refractivity contribution < 1.29 is 18.7 Å². The summed E-state index contributed by atoms with van der Waals surface area (Å²) in [5.41, 5.74) is 0.428. The molecule has 0 radical (unpaired) electrons. The molecule has 0 saturated heterocycles. The number of carbonyl (C=O) groups excluding carboxylic acids is 2. The van der Waals surface area contributed by atoms with Crippen molar-refractivity contribution in [2.24, 2.45) is 0 Å². The molecule has 0 aliphatic rings. The lowest BCUT2D eigenvalue weighted by Crippen LogP contribution is -2.21. The topological polar surface area (TPSA) is 76.8 Å². The maximum absolute atomic E-state index is 12.2. The van der Waals surface area contributed by atoms with Crippen LogP contribution in [0.4, 0.5) is 5.69 Å². The second-order valence-corrected chi connectivity index (χ2v) is 5.41. The van der Waals surface area contributed by atoms with E-state index in [1.54, 1.807) is 12.1 Å². The van der Waals surface area contributed by atoms with Crippen molar-refractivity contribution in [3.63, 3.8) is 0 Å². The third kappa shape index (κ3) is 4.35. The number of benzene rings is 1. The number of nitrogens with zero attached hydrogens (tertiary/aromatic N) is 1. The quantitative estimate of drug-likeness (QED) is 0.241. The van der Waals surface area contributed by atoms with Crippen LogP contribution >= 0.6 is 0 Å². The van der Waals surface area contributed by atoms with Crippen LogP contribution in [-0.4, -0.2) is 31.4 Å². The van der Waals surface area contributed by atoms with Gasteiger partial charge in [-0.3, -0.25) is 9.59 Å². The standard InChI is InChI=1S/C19H21NO5/c1-4-9-24-18(22)12-16(21)15-10-13-7-8-14(20(5-2)6-3)11-17(13)25-19(15)23/h4,7-8,10-11H,1,5-6,9,12H2,2-3H3. The largest absolute Gasteiger partial charge is 0.461 e. The summed E-state index contributed by atoms with van der Waals surface area (Å²) < 4.78 is 10.0. The zero-order valence-electron chi connectivity index (χ0n) is 14.4. The van der Waals surface area contributed by atoms with E-state index in [1.165, 1.54) is 12.1 Å². The van der Waals surface area contributed by atoms with Gasteiger partial charge in [-0.25, -0.2) is 4.79 Å². The van der Waals surface area contributed by atoms with Crippen LogP contribution in [0, 0.1) is 0 Å². The van der Waals surface area contributed by atoms with E-state index in [4.69, 9.17) is 9.15 Å². The number of fused-ring (bicyclic) bond motifs is 1. The van der Waals surface area contributed by atoms with Gasteiger partial charge in [0.25, 0.3) is 0 Å². The molecule has 0 bridgehead atoms. The van der Waals surface area contributed by atoms with Gasteiger partial charge in [0.15, 0.2) is 5.78 Å². The summed E-state index contributed by atoms with van der Waals surface area (Å²) in [4.78, 5) is 37.9. The Morgan fingerprint density at radius 1 is 1.24 bits per heavy atom. The summed E-state index contributed by atoms with van der Waals surface area (Å²) in [5, 5.41) is 0.623. The van der Waals surface area contributed by atoms with E-state index in [0.29, 0.717) is 11.0 Å². The van der Waals surface area contributed by atoms with Crippen molar-refractivity contribution in [3.8, 4) is 0 Å². The molecule has 0 atom stereocenters. The molecule has 0 spiro atoms. The molecule has 1 aromatic heterocycles. The second-order valence-electron chi connectivity index (χ2n) is 5.41. The minimum Gasteiger partial charge on any atom is -0.461 e. The van der Waals surface area contributed by atoms with Gasteiger partial charge in [-0.15, -0.1) is 0 Å². The van der Waals surface area contributed by atoms with Crippen LogP contribution in [0.15, 0.2) is 46.1 Å². The molecule has 6 heteroatoms. The van der Waals surface area contributed by atoms with Crippen molar-refractivity contribution in [1.29, 1.82) is 0 Å². The molecule has 132 valence electrons. The summed E-state index contributed by atoms with van der Waals surface area (Å²) in [6.07, 6.45) is 0.891. The molecule has 0 amide bonds. The number of ketones is 1. The van der Waals surface area contributed by atoms with E-state index in [9.17, 15) is 14.4 Å². The van der Waals surface area contributed by atoms with Gasteiger partial charge in [-0.05, 0) is 32.0 Å². The third-order valence-corrected chi connectivity index (χ3v) is 3.82. The van der Waals surface area contributed by atoms with Gasteiger partial charge in [0.05, 0.1) is 0 Å². The number of rotatable bonds is 8. The third-order valence-electron chi connectivity index (χ3n) is 3.82. The van der Waals surface area contributed by atoms with Crippen LogP contribution in [0.5, 0.6) is 0 Å². The van der Waals surface area contributed by atoms with Crippen LogP contribution in [0.25, 0.3) is 11.0 Å². The van der Waals surface area contributed by atoms with Crippen molar-refractivity contribution in [2.75, 3.05) is 24.6 Å². The monoisotopic (exact) mass is 343 g/mol. The van der Waals surface area contributed by atoms with E-state index < -0.39 is 23.8 Å². The van der Waals surface area contributed by atoms with Gasteiger partial charge in [0.1, 0.15) is 24.2 Å². The molecular weight excluding hydrogens is 322 g/mol. The normalized spacial score (nSPS) is 10.5. The van der Waals surface area contributed by atoms with Crippen LogP contribution in [0.3, 0.4) is 0 Å². The highest BCUT2D eigenvalue weighted by molar-refractivity contribution is 6.06. The molecule has 2 aromatic rings. The molecule has 0 aliphatic carbocycles. The molecular formula is C19H21NO5. The number of anilines is 1. The molecule has 25 heavy (non-hydrogen) atoms. The van der Waals surface area contributed by atoms with Crippen LogP contribution in [0.1, 0.15) is 30.6 Å². The van der Waals surface area contributed by atoms with E-state index in [1.807, 2.05) is 19.9 Å². The molecule has 0 aliphatic heterocycles. The van der Waals surface area contributed by atoms with Gasteiger partial charge in [-0.1, -0.05) is 12.7 Å². The lowest BCUT2D eigenvalue weighted by Gasteiger charge is -2.20. The van der Waals surface area contributed by atoms with Crippen molar-refractivity contribution in [2.45, 2.75) is 20.3 Å². The Bertz CT molecular complexity index is 849. The van der Waals surface area contributed by atoms with Crippen LogP contribution < -0.4 is 10.5 Å². The Morgan fingerprint density at radius 2 is 1.96 bits per heavy atom. The highest BCUT2D eigenvalue weighted by atomic mass is 16.5. The fraction of sp³-hybridized carbons (Fsp3) is 0.316. The Labute approximate surface area is 145 Å². The van der Waals surface area contributed by atoms with Gasteiger partial charge in [-0.2, -0.15) is 0 Å². The minimum atomic E-state index is -0.759. The zero-order valence-corrected chi connectivity index (χ0v) is 14.4. The maximum Gasteiger partial charge on any atom is 0.347 e. The summed E-state index contributed by atoms with van der Waals surface area (Å²) in [6.45, 7) is 9.18. The molecule has 1 heterocycles. The molecule has 1 aromatic carbocycles. The predicted molar refractivity (Wildman–Crippen MR) is 96.1 cm³/mol. The smallest absolute Gasteiger partial charge is 0.347 e. The number of hydrogen-bond acceptors (Lipinski definition) is 6. The number of hydrogen-bond donors (Lipinski definition) is 0. The zero-order chi connectivity index (χ0) is 18.4. The van der Waals surface area contributed by atoms with Crippen molar-refractivity contribution in [3.05, 3.63) is 52.9 Å². The summed E-state index contributed by atoms with van der Waals surface area (Å²) in [5.74, 6) is -1.33. The summed E-state index contributed by atoms with van der Waals surface area (Å²) >= 11 is 0. The predicted octanol–water partition coefficient (Wildman–Crippen LogP) is 2.94. The fourth-order valence-corrected chi connectivity index (χ4v) is 2.51. The second kappa shape index (κ2) is 8.28. The van der Waals surface area contributed by atoms with Crippen molar-refractivity contribution >= 4 is 28.4 Å². The molecule has 6 nitrogen and oxygen atoms in total. The Hall–Kier alpha value is -2.89. The lowest BCUT2D eigenvalue weighted by atomic mass is 10.1. The SMILES string of the molecule is C=CCOC(=O)CC(=O)c1cc2ccc(N(CC)CC)cc2oc1=O. The van der Waals surface area contributed by atoms with Gasteiger partial charge < -0.3 is 14.1 Å². The number of Topliss-reactive ketones (excluding diaryl/α,β-unsaturated/α-hetero) is 1. The number of esters is 1.